The highest BCUT2D eigenvalue weighted by Crippen LogP contribution is 2.28. The Balaban J connectivity index is 2.02. The molecule has 0 atom stereocenters. The van der Waals surface area contributed by atoms with Crippen molar-refractivity contribution in [2.45, 2.75) is 20.0 Å². The molecule has 0 amide bonds. The maximum Gasteiger partial charge on any atom is 0.328 e. The van der Waals surface area contributed by atoms with Gasteiger partial charge >= 0.3 is 5.97 Å². The molecule has 0 saturated heterocycles. The maximum atomic E-state index is 10.5. The number of thiophene rings is 1. The van der Waals surface area contributed by atoms with Gasteiger partial charge in [0.05, 0.1) is 4.47 Å². The molecule has 0 saturated carbocycles. The molecule has 0 aliphatic heterocycles. The third kappa shape index (κ3) is 4.72. The van der Waals surface area contributed by atoms with E-state index in [1.165, 1.54) is 9.75 Å². The fraction of sp³-hybridized carbons (Fsp3) is 0.188. The normalized spacial score (nSPS) is 11.0. The van der Waals surface area contributed by atoms with Crippen molar-refractivity contribution in [3.05, 3.63) is 56.2 Å². The van der Waals surface area contributed by atoms with Crippen molar-refractivity contribution in [2.24, 2.45) is 0 Å². The van der Waals surface area contributed by atoms with E-state index in [2.05, 4.69) is 35.0 Å². The molecule has 110 valence electrons. The van der Waals surface area contributed by atoms with Crippen molar-refractivity contribution in [3.63, 3.8) is 0 Å². The van der Waals surface area contributed by atoms with Crippen LogP contribution in [-0.2, 0) is 17.8 Å². The van der Waals surface area contributed by atoms with Crippen LogP contribution in [0.1, 0.15) is 22.2 Å². The first-order valence-corrected chi connectivity index (χ1v) is 8.10. The molecule has 0 radical (unpaired) electrons. The van der Waals surface area contributed by atoms with Crippen LogP contribution in [0, 0.1) is 0 Å². The second kappa shape index (κ2) is 7.43. The number of aliphatic carboxylic acids is 1. The topological polar surface area (TPSA) is 46.5 Å². The molecule has 2 aromatic rings. The summed E-state index contributed by atoms with van der Waals surface area (Å²) >= 11 is 5.20. The van der Waals surface area contributed by atoms with Crippen LogP contribution >= 0.6 is 27.3 Å². The first kappa shape index (κ1) is 15.8. The van der Waals surface area contributed by atoms with Gasteiger partial charge in [0.1, 0.15) is 12.4 Å². The number of benzene rings is 1. The number of hydrogen-bond acceptors (Lipinski definition) is 3. The third-order valence-electron chi connectivity index (χ3n) is 2.81. The van der Waals surface area contributed by atoms with Crippen LogP contribution in [0.4, 0.5) is 0 Å². The largest absolute Gasteiger partial charge is 0.487 e. The van der Waals surface area contributed by atoms with Gasteiger partial charge < -0.3 is 9.84 Å². The zero-order valence-electron chi connectivity index (χ0n) is 11.5. The van der Waals surface area contributed by atoms with Crippen molar-refractivity contribution in [1.82, 2.24) is 0 Å². The van der Waals surface area contributed by atoms with Gasteiger partial charge in [0.2, 0.25) is 0 Å². The molecule has 0 unspecified atom stereocenters. The Kier molecular flexibility index (Phi) is 5.59. The quantitative estimate of drug-likeness (QED) is 0.750. The zero-order valence-corrected chi connectivity index (χ0v) is 13.9. The van der Waals surface area contributed by atoms with Gasteiger partial charge in [-0.1, -0.05) is 13.0 Å². The van der Waals surface area contributed by atoms with Gasteiger partial charge in [0.15, 0.2) is 0 Å². The Labute approximate surface area is 136 Å². The molecule has 0 fully saturated rings. The lowest BCUT2D eigenvalue weighted by Crippen LogP contribution is -1.94. The van der Waals surface area contributed by atoms with Gasteiger partial charge in [-0.25, -0.2) is 4.79 Å². The van der Waals surface area contributed by atoms with E-state index in [1.807, 2.05) is 18.2 Å². The molecule has 5 heteroatoms. The minimum Gasteiger partial charge on any atom is -0.487 e. The standard InChI is InChI=1S/C16H15BrO3S/c1-2-12-5-6-13(21-12)10-20-15-7-3-11(9-14(15)17)4-8-16(18)19/h3-9H,2,10H2,1H3,(H,18,19). The summed E-state index contributed by atoms with van der Waals surface area (Å²) in [6, 6.07) is 9.70. The van der Waals surface area contributed by atoms with Crippen molar-refractivity contribution in [3.8, 4) is 5.75 Å². The third-order valence-corrected chi connectivity index (χ3v) is 4.63. The number of aryl methyl sites for hydroxylation is 1. The van der Waals surface area contributed by atoms with Crippen molar-refractivity contribution >= 4 is 39.3 Å². The average molecular weight is 367 g/mol. The van der Waals surface area contributed by atoms with E-state index in [0.717, 1.165) is 28.3 Å². The summed E-state index contributed by atoms with van der Waals surface area (Å²) in [5.41, 5.74) is 0.806. The molecule has 1 N–H and O–H groups in total. The number of carboxylic acids is 1. The fourth-order valence-corrected chi connectivity index (χ4v) is 3.13. The monoisotopic (exact) mass is 366 g/mol. The van der Waals surface area contributed by atoms with Gasteiger partial charge in [-0.15, -0.1) is 11.3 Å². The Morgan fingerprint density at radius 3 is 2.71 bits per heavy atom. The van der Waals surface area contributed by atoms with E-state index in [4.69, 9.17) is 9.84 Å². The Morgan fingerprint density at radius 1 is 1.33 bits per heavy atom. The highest BCUT2D eigenvalue weighted by Gasteiger charge is 2.04. The molecule has 0 bridgehead atoms. The van der Waals surface area contributed by atoms with Crippen LogP contribution in [0.15, 0.2) is 40.9 Å². The maximum absolute atomic E-state index is 10.5. The summed E-state index contributed by atoms with van der Waals surface area (Å²) < 4.78 is 6.59. The van der Waals surface area contributed by atoms with Gasteiger partial charge in [-0.3, -0.25) is 0 Å². The van der Waals surface area contributed by atoms with Crippen LogP contribution in [0.3, 0.4) is 0 Å². The predicted octanol–water partition coefficient (Wildman–Crippen LogP) is 4.75. The van der Waals surface area contributed by atoms with Crippen LogP contribution in [-0.4, -0.2) is 11.1 Å². The van der Waals surface area contributed by atoms with Crippen LogP contribution in [0.5, 0.6) is 5.75 Å². The number of hydrogen-bond donors (Lipinski definition) is 1. The number of halogens is 1. The summed E-state index contributed by atoms with van der Waals surface area (Å²) in [6.45, 7) is 2.67. The molecule has 1 aromatic carbocycles. The van der Waals surface area contributed by atoms with Gasteiger partial charge in [0.25, 0.3) is 0 Å². The lowest BCUT2D eigenvalue weighted by molar-refractivity contribution is -0.131. The first-order chi connectivity index (χ1) is 10.1. The predicted molar refractivity (Wildman–Crippen MR) is 88.8 cm³/mol. The number of ether oxygens (including phenoxy) is 1. The smallest absolute Gasteiger partial charge is 0.328 e. The van der Waals surface area contributed by atoms with E-state index >= 15 is 0 Å². The summed E-state index contributed by atoms with van der Waals surface area (Å²) in [6.07, 6.45) is 3.70. The minimum absolute atomic E-state index is 0.535. The Morgan fingerprint density at radius 2 is 2.10 bits per heavy atom. The van der Waals surface area contributed by atoms with Crippen molar-refractivity contribution in [2.75, 3.05) is 0 Å². The molecule has 2 rings (SSSR count). The molecule has 0 aliphatic rings. The summed E-state index contributed by atoms with van der Waals surface area (Å²) in [7, 11) is 0. The summed E-state index contributed by atoms with van der Waals surface area (Å²) in [5, 5.41) is 8.61. The van der Waals surface area contributed by atoms with Crippen LogP contribution in [0.25, 0.3) is 6.08 Å². The summed E-state index contributed by atoms with van der Waals surface area (Å²) in [4.78, 5) is 13.0. The lowest BCUT2D eigenvalue weighted by Gasteiger charge is -2.07. The highest BCUT2D eigenvalue weighted by molar-refractivity contribution is 9.10. The minimum atomic E-state index is -0.962. The van der Waals surface area contributed by atoms with E-state index in [0.29, 0.717) is 6.61 Å². The molecule has 1 aromatic heterocycles. The van der Waals surface area contributed by atoms with E-state index in [9.17, 15) is 4.79 Å². The van der Waals surface area contributed by atoms with Crippen molar-refractivity contribution < 1.29 is 14.6 Å². The fourth-order valence-electron chi connectivity index (χ4n) is 1.74. The van der Waals surface area contributed by atoms with E-state index in [1.54, 1.807) is 17.4 Å². The number of carboxylic acid groups (broad SMARTS) is 1. The van der Waals surface area contributed by atoms with Gasteiger partial charge in [0, 0.05) is 15.8 Å². The number of carbonyl (C=O) groups is 1. The second-order valence-electron chi connectivity index (χ2n) is 4.37. The average Bonchev–Trinajstić information content (AvgIpc) is 2.92. The molecule has 0 spiro atoms. The lowest BCUT2D eigenvalue weighted by atomic mass is 10.2. The van der Waals surface area contributed by atoms with Crippen molar-refractivity contribution in [1.29, 1.82) is 0 Å². The highest BCUT2D eigenvalue weighted by atomic mass is 79.9. The Hall–Kier alpha value is -1.59. The first-order valence-electron chi connectivity index (χ1n) is 6.49. The summed E-state index contributed by atoms with van der Waals surface area (Å²) in [5.74, 6) is -0.218. The second-order valence-corrected chi connectivity index (χ2v) is 6.48. The van der Waals surface area contributed by atoms with E-state index in [-0.39, 0.29) is 0 Å². The molecular weight excluding hydrogens is 352 g/mol. The zero-order chi connectivity index (χ0) is 15.2. The van der Waals surface area contributed by atoms with Crippen LogP contribution < -0.4 is 4.74 Å². The molecule has 1 heterocycles. The molecular formula is C16H15BrO3S. The molecule has 21 heavy (non-hydrogen) atoms. The SMILES string of the molecule is CCc1ccc(COc2ccc(C=CC(=O)O)cc2Br)s1. The van der Waals surface area contributed by atoms with Crippen LogP contribution in [0.2, 0.25) is 0 Å². The molecule has 0 aliphatic carbocycles. The molecule has 3 nitrogen and oxygen atoms in total. The Bertz CT molecular complexity index is 661. The number of rotatable bonds is 6. The van der Waals surface area contributed by atoms with Gasteiger partial charge in [-0.2, -0.15) is 0 Å². The van der Waals surface area contributed by atoms with Gasteiger partial charge in [-0.05, 0) is 58.3 Å². The van der Waals surface area contributed by atoms with E-state index < -0.39 is 5.97 Å².